The normalized spacial score (nSPS) is 11.0. The lowest BCUT2D eigenvalue weighted by atomic mass is 10.1. The number of rotatable bonds is 6. The number of methoxy groups -OCH3 is 1. The average Bonchev–Trinajstić information content (AvgIpc) is 2.61. The lowest BCUT2D eigenvalue weighted by molar-refractivity contribution is -0.384. The maximum Gasteiger partial charge on any atom is 0.342 e. The van der Waals surface area contributed by atoms with Gasteiger partial charge in [0.05, 0.1) is 22.5 Å². The second-order valence-electron chi connectivity index (χ2n) is 4.78. The van der Waals surface area contributed by atoms with Gasteiger partial charge < -0.3 is 9.84 Å². The van der Waals surface area contributed by atoms with Crippen LogP contribution in [0.5, 0.6) is 0 Å². The maximum atomic E-state index is 11.4. The number of carbonyl (C=O) groups excluding carboxylic acids is 1. The summed E-state index contributed by atoms with van der Waals surface area (Å²) in [6.07, 6.45) is 1.45. The van der Waals surface area contributed by atoms with Crippen LogP contribution in [-0.2, 0) is 9.53 Å². The Morgan fingerprint density at radius 3 is 2.20 bits per heavy atom. The van der Waals surface area contributed by atoms with Crippen molar-refractivity contribution in [1.82, 2.24) is 0 Å². The fraction of sp³-hybridized carbons (Fsp3) is 0.0588. The summed E-state index contributed by atoms with van der Waals surface area (Å²) in [7, 11) is 1.28. The minimum atomic E-state index is -1.12. The number of carboxylic acid groups (broad SMARTS) is 1. The van der Waals surface area contributed by atoms with E-state index in [0.717, 1.165) is 11.8 Å². The molecule has 0 saturated heterocycles. The smallest absolute Gasteiger partial charge is 0.342 e. The Bertz CT molecular complexity index is 827. The van der Waals surface area contributed by atoms with Gasteiger partial charge in [-0.1, -0.05) is 23.9 Å². The van der Waals surface area contributed by atoms with Crippen molar-refractivity contribution in [3.63, 3.8) is 0 Å². The Balaban J connectivity index is 2.22. The highest BCUT2D eigenvalue weighted by Crippen LogP contribution is 2.29. The molecule has 0 aliphatic carbocycles. The molecule has 0 radical (unpaired) electrons. The molecule has 128 valence electrons. The molecule has 2 rings (SSSR count). The van der Waals surface area contributed by atoms with Gasteiger partial charge >= 0.3 is 11.9 Å². The Morgan fingerprint density at radius 2 is 1.72 bits per heavy atom. The minimum Gasteiger partial charge on any atom is -0.477 e. The van der Waals surface area contributed by atoms with E-state index in [0.29, 0.717) is 16.0 Å². The van der Waals surface area contributed by atoms with Crippen LogP contribution in [0.2, 0.25) is 0 Å². The third-order valence-corrected chi connectivity index (χ3v) is 4.14. The first-order valence-electron chi connectivity index (χ1n) is 6.96. The number of carboxylic acids is 1. The largest absolute Gasteiger partial charge is 0.477 e. The number of nitro groups is 1. The fourth-order valence-electron chi connectivity index (χ4n) is 1.88. The molecular formula is C17H13NO6S. The van der Waals surface area contributed by atoms with Gasteiger partial charge in [0, 0.05) is 17.0 Å². The van der Waals surface area contributed by atoms with Gasteiger partial charge in [-0.3, -0.25) is 10.1 Å². The van der Waals surface area contributed by atoms with E-state index in [-0.39, 0.29) is 10.6 Å². The molecule has 8 heteroatoms. The van der Waals surface area contributed by atoms with E-state index in [2.05, 4.69) is 4.74 Å². The van der Waals surface area contributed by atoms with Crippen molar-refractivity contribution in [2.75, 3.05) is 7.11 Å². The van der Waals surface area contributed by atoms with E-state index in [4.69, 9.17) is 0 Å². The van der Waals surface area contributed by atoms with E-state index in [1.807, 2.05) is 0 Å². The quantitative estimate of drug-likeness (QED) is 0.276. The van der Waals surface area contributed by atoms with Gasteiger partial charge in [0.25, 0.3) is 5.69 Å². The SMILES string of the molecule is COC(=O)c1ccc(/C=C(\Sc2ccc([N+](=O)[O-])cc2)C(=O)O)cc1. The summed E-state index contributed by atoms with van der Waals surface area (Å²) in [5.74, 6) is -1.60. The van der Waals surface area contributed by atoms with Gasteiger partial charge in [0.1, 0.15) is 0 Å². The van der Waals surface area contributed by atoms with E-state index in [9.17, 15) is 24.8 Å². The summed E-state index contributed by atoms with van der Waals surface area (Å²) in [6.45, 7) is 0. The summed E-state index contributed by atoms with van der Waals surface area (Å²) in [5, 5.41) is 20.0. The van der Waals surface area contributed by atoms with E-state index >= 15 is 0 Å². The highest BCUT2D eigenvalue weighted by Gasteiger charge is 2.12. The number of hydrogen-bond donors (Lipinski definition) is 1. The van der Waals surface area contributed by atoms with E-state index in [1.165, 1.54) is 49.6 Å². The van der Waals surface area contributed by atoms with Gasteiger partial charge in [-0.2, -0.15) is 0 Å². The highest BCUT2D eigenvalue weighted by molar-refractivity contribution is 8.04. The number of non-ortho nitro benzene ring substituents is 1. The zero-order valence-corrected chi connectivity index (χ0v) is 13.9. The van der Waals surface area contributed by atoms with Crippen molar-refractivity contribution in [2.24, 2.45) is 0 Å². The van der Waals surface area contributed by atoms with Gasteiger partial charge in [0.15, 0.2) is 0 Å². The van der Waals surface area contributed by atoms with Crippen molar-refractivity contribution in [3.8, 4) is 0 Å². The number of thioether (sulfide) groups is 1. The number of ether oxygens (including phenoxy) is 1. The molecule has 1 N–H and O–H groups in total. The summed E-state index contributed by atoms with van der Waals surface area (Å²) in [4.78, 5) is 33.5. The molecule has 0 aliphatic rings. The zero-order chi connectivity index (χ0) is 18.4. The molecule has 0 saturated carbocycles. The van der Waals surface area contributed by atoms with E-state index in [1.54, 1.807) is 12.1 Å². The number of aliphatic carboxylic acids is 1. The number of benzene rings is 2. The summed E-state index contributed by atoms with van der Waals surface area (Å²) < 4.78 is 4.60. The molecule has 0 fully saturated rings. The molecule has 25 heavy (non-hydrogen) atoms. The van der Waals surface area contributed by atoms with Crippen LogP contribution in [0.1, 0.15) is 15.9 Å². The lowest BCUT2D eigenvalue weighted by Gasteiger charge is -2.04. The number of esters is 1. The van der Waals surface area contributed by atoms with Gasteiger partial charge in [-0.05, 0) is 35.9 Å². The van der Waals surface area contributed by atoms with Crippen LogP contribution < -0.4 is 0 Å². The molecule has 0 atom stereocenters. The molecule has 7 nitrogen and oxygen atoms in total. The third-order valence-electron chi connectivity index (χ3n) is 3.12. The predicted molar refractivity (Wildman–Crippen MR) is 92.3 cm³/mol. The standard InChI is InChI=1S/C17H13NO6S/c1-24-17(21)12-4-2-11(3-5-12)10-15(16(19)20)25-14-8-6-13(7-9-14)18(22)23/h2-10H,1H3,(H,19,20)/b15-10-. The second-order valence-corrected chi connectivity index (χ2v) is 5.90. The van der Waals surface area contributed by atoms with Crippen LogP contribution in [0.3, 0.4) is 0 Å². The summed E-state index contributed by atoms with van der Waals surface area (Å²) >= 11 is 0.974. The molecule has 0 amide bonds. The van der Waals surface area contributed by atoms with Crippen LogP contribution in [0.25, 0.3) is 6.08 Å². The van der Waals surface area contributed by atoms with Crippen LogP contribution >= 0.6 is 11.8 Å². The Morgan fingerprint density at radius 1 is 1.12 bits per heavy atom. The van der Waals surface area contributed by atoms with Gasteiger partial charge in [0.2, 0.25) is 0 Å². The molecule has 0 bridgehead atoms. The van der Waals surface area contributed by atoms with Gasteiger partial charge in [-0.15, -0.1) is 0 Å². The van der Waals surface area contributed by atoms with Gasteiger partial charge in [-0.25, -0.2) is 9.59 Å². The molecule has 0 heterocycles. The Kier molecular flexibility index (Phi) is 5.91. The number of nitrogens with zero attached hydrogens (tertiary/aromatic N) is 1. The lowest BCUT2D eigenvalue weighted by Crippen LogP contribution is -2.00. The zero-order valence-electron chi connectivity index (χ0n) is 13.0. The molecule has 2 aromatic carbocycles. The number of carbonyl (C=O) groups is 2. The second kappa shape index (κ2) is 8.11. The average molecular weight is 359 g/mol. The van der Waals surface area contributed by atoms with Crippen molar-refractivity contribution < 1.29 is 24.4 Å². The van der Waals surface area contributed by atoms with Crippen molar-refractivity contribution in [3.05, 3.63) is 74.7 Å². The van der Waals surface area contributed by atoms with Crippen LogP contribution in [0, 0.1) is 10.1 Å². The topological polar surface area (TPSA) is 107 Å². The Hall–Kier alpha value is -3.13. The first-order chi connectivity index (χ1) is 11.9. The van der Waals surface area contributed by atoms with Crippen LogP contribution in [-0.4, -0.2) is 29.1 Å². The maximum absolute atomic E-state index is 11.4. The molecule has 2 aromatic rings. The molecule has 0 spiro atoms. The van der Waals surface area contributed by atoms with Crippen LogP contribution in [0.4, 0.5) is 5.69 Å². The highest BCUT2D eigenvalue weighted by atomic mass is 32.2. The van der Waals surface area contributed by atoms with E-state index < -0.39 is 16.9 Å². The van der Waals surface area contributed by atoms with Crippen LogP contribution in [0.15, 0.2) is 58.3 Å². The molecule has 0 aliphatic heterocycles. The molecule has 0 aromatic heterocycles. The molecular weight excluding hydrogens is 346 g/mol. The van der Waals surface area contributed by atoms with Crippen molar-refractivity contribution in [1.29, 1.82) is 0 Å². The first-order valence-corrected chi connectivity index (χ1v) is 7.78. The summed E-state index contributed by atoms with van der Waals surface area (Å²) in [6, 6.07) is 11.9. The fourth-order valence-corrected chi connectivity index (χ4v) is 2.69. The molecule has 0 unspecified atom stereocenters. The number of nitro benzene ring substituents is 1. The minimum absolute atomic E-state index is 0.0414. The summed E-state index contributed by atoms with van der Waals surface area (Å²) in [5.41, 5.74) is 0.891. The van der Waals surface area contributed by atoms with Crippen molar-refractivity contribution >= 4 is 35.5 Å². The Labute approximate surface area is 147 Å². The van der Waals surface area contributed by atoms with Crippen molar-refractivity contribution in [2.45, 2.75) is 4.90 Å². The third kappa shape index (κ3) is 4.92. The monoisotopic (exact) mass is 359 g/mol. The predicted octanol–water partition coefficient (Wildman–Crippen LogP) is 3.60. The first kappa shape index (κ1) is 18.2. The number of hydrogen-bond acceptors (Lipinski definition) is 6.